The van der Waals surface area contributed by atoms with E-state index in [0.717, 1.165) is 6.07 Å². The van der Waals surface area contributed by atoms with Gasteiger partial charge in [-0.15, -0.1) is 0 Å². The number of nitrogens with two attached hydrogens (primary N) is 1. The smallest absolute Gasteiger partial charge is 0.290 e. The summed E-state index contributed by atoms with van der Waals surface area (Å²) in [6.07, 6.45) is 3.77. The number of amides is 1. The first-order chi connectivity index (χ1) is 17.6. The normalized spacial score (nSPS) is 23.6. The molecule has 1 aromatic carbocycles. The third kappa shape index (κ3) is 5.27. The van der Waals surface area contributed by atoms with Crippen LogP contribution in [0, 0.1) is 11.7 Å². The fraction of sp³-hybridized carbons (Fsp3) is 0.478. The molecule has 4 N–H and O–H groups in total. The average molecular weight is 558 g/mol. The van der Waals surface area contributed by atoms with Crippen molar-refractivity contribution in [2.45, 2.75) is 50.1 Å². The summed E-state index contributed by atoms with van der Waals surface area (Å²) in [6, 6.07) is 1.15. The van der Waals surface area contributed by atoms with Crippen LogP contribution in [-0.2, 0) is 9.53 Å². The number of halogens is 5. The van der Waals surface area contributed by atoms with Gasteiger partial charge in [0, 0.05) is 23.6 Å². The van der Waals surface area contributed by atoms with Crippen LogP contribution in [0.2, 0.25) is 10.0 Å². The number of aromatic nitrogens is 4. The Morgan fingerprint density at radius 2 is 1.92 bits per heavy atom. The number of nitrogens with one attached hydrogen (secondary N) is 2. The van der Waals surface area contributed by atoms with Gasteiger partial charge in [0.1, 0.15) is 17.9 Å². The van der Waals surface area contributed by atoms with Gasteiger partial charge in [0.25, 0.3) is 5.92 Å². The summed E-state index contributed by atoms with van der Waals surface area (Å²) in [4.78, 5) is 24.9. The Morgan fingerprint density at radius 1 is 1.16 bits per heavy atom. The molecule has 1 aliphatic carbocycles. The molecule has 198 valence electrons. The fourth-order valence-corrected chi connectivity index (χ4v) is 5.36. The van der Waals surface area contributed by atoms with E-state index in [9.17, 15) is 18.0 Å². The van der Waals surface area contributed by atoms with Crippen molar-refractivity contribution < 1.29 is 22.7 Å². The van der Waals surface area contributed by atoms with E-state index in [2.05, 4.69) is 25.6 Å². The Morgan fingerprint density at radius 3 is 2.59 bits per heavy atom. The third-order valence-corrected chi connectivity index (χ3v) is 7.32. The number of ether oxygens (including phenoxy) is 1. The second-order valence-electron chi connectivity index (χ2n) is 9.28. The molecule has 1 saturated heterocycles. The first-order valence-corrected chi connectivity index (χ1v) is 12.6. The van der Waals surface area contributed by atoms with Crippen LogP contribution in [-0.4, -0.2) is 50.6 Å². The summed E-state index contributed by atoms with van der Waals surface area (Å²) in [7, 11) is 0. The van der Waals surface area contributed by atoms with Crippen molar-refractivity contribution in [3.05, 3.63) is 34.2 Å². The summed E-state index contributed by atoms with van der Waals surface area (Å²) in [5, 5.41) is 5.86. The minimum atomic E-state index is -3.08. The summed E-state index contributed by atoms with van der Waals surface area (Å²) < 4.78 is 50.0. The maximum atomic E-state index is 14.7. The third-order valence-electron chi connectivity index (χ3n) is 6.80. The van der Waals surface area contributed by atoms with Gasteiger partial charge in [0.05, 0.1) is 22.9 Å². The van der Waals surface area contributed by atoms with E-state index >= 15 is 0 Å². The number of hydrogen-bond donors (Lipinski definition) is 3. The molecule has 2 fully saturated rings. The van der Waals surface area contributed by atoms with Crippen molar-refractivity contribution in [2.24, 2.45) is 11.7 Å². The highest BCUT2D eigenvalue weighted by Crippen LogP contribution is 2.39. The molecule has 3 aromatic rings. The van der Waals surface area contributed by atoms with Gasteiger partial charge in [-0.1, -0.05) is 23.2 Å². The first-order valence-electron chi connectivity index (χ1n) is 11.8. The molecule has 3 heterocycles. The first kappa shape index (κ1) is 25.8. The molecule has 9 nitrogen and oxygen atoms in total. The molecular weight excluding hydrogens is 534 g/mol. The van der Waals surface area contributed by atoms with Gasteiger partial charge in [-0.05, 0) is 44.2 Å². The molecule has 0 radical (unpaired) electrons. The van der Waals surface area contributed by atoms with Crippen LogP contribution in [0.4, 0.5) is 30.8 Å². The molecule has 0 unspecified atom stereocenters. The lowest BCUT2D eigenvalue weighted by molar-refractivity contribution is -0.123. The number of benzene rings is 1. The highest BCUT2D eigenvalue weighted by molar-refractivity contribution is 6.36. The van der Waals surface area contributed by atoms with E-state index in [1.807, 2.05) is 0 Å². The molecular formula is C23H24Cl2F3N7O2. The van der Waals surface area contributed by atoms with Gasteiger partial charge in [-0.2, -0.15) is 4.98 Å². The second kappa shape index (κ2) is 10.1. The molecule has 37 heavy (non-hydrogen) atoms. The molecule has 5 rings (SSSR count). The van der Waals surface area contributed by atoms with Gasteiger partial charge >= 0.3 is 0 Å². The quantitative estimate of drug-likeness (QED) is 0.387. The standard InChI is InChI=1S/C23H24Cl2F3N7O2/c24-12-7-14(25)18(15(26)8-12)33-22-31-16-9-30-21(32-17-5-6-37-10-23(17,27)28)34-20(16)35(22)13-3-1-11(2-4-13)19(29)36/h7-9,11,13,17H,1-6,10H2,(H2,29,36)(H,31,33)(H,30,32,34)/t11?,13?,17-/m1/s1. The Labute approximate surface area is 219 Å². The van der Waals surface area contributed by atoms with Gasteiger partial charge in [-0.3, -0.25) is 9.36 Å². The number of primary amides is 1. The average Bonchev–Trinajstić information content (AvgIpc) is 3.20. The van der Waals surface area contributed by atoms with Gasteiger partial charge in [0.2, 0.25) is 17.8 Å². The van der Waals surface area contributed by atoms with Gasteiger partial charge < -0.3 is 21.1 Å². The minimum Gasteiger partial charge on any atom is -0.375 e. The van der Waals surface area contributed by atoms with Crippen LogP contribution in [0.5, 0.6) is 0 Å². The number of rotatable bonds is 6. The molecule has 0 spiro atoms. The van der Waals surface area contributed by atoms with Gasteiger partial charge in [0.15, 0.2) is 5.65 Å². The number of nitrogens with zero attached hydrogens (tertiary/aromatic N) is 4. The van der Waals surface area contributed by atoms with Crippen LogP contribution < -0.4 is 16.4 Å². The number of imidazole rings is 1. The van der Waals surface area contributed by atoms with Crippen molar-refractivity contribution in [3.8, 4) is 0 Å². The van der Waals surface area contributed by atoms with E-state index < -0.39 is 24.4 Å². The molecule has 2 aromatic heterocycles. The molecule has 1 saturated carbocycles. The number of carbonyl (C=O) groups excluding carboxylic acids is 1. The minimum absolute atomic E-state index is 0.00769. The maximum Gasteiger partial charge on any atom is 0.290 e. The Kier molecular flexibility index (Phi) is 7.08. The number of fused-ring (bicyclic) bond motifs is 1. The predicted molar refractivity (Wildman–Crippen MR) is 133 cm³/mol. The van der Waals surface area contributed by atoms with E-state index in [0.29, 0.717) is 36.8 Å². The van der Waals surface area contributed by atoms with E-state index in [4.69, 9.17) is 33.7 Å². The summed E-state index contributed by atoms with van der Waals surface area (Å²) in [5.41, 5.74) is 6.20. The van der Waals surface area contributed by atoms with E-state index in [1.165, 1.54) is 12.3 Å². The predicted octanol–water partition coefficient (Wildman–Crippen LogP) is 5.07. The molecule has 1 aliphatic heterocycles. The summed E-state index contributed by atoms with van der Waals surface area (Å²) in [6.45, 7) is -0.493. The van der Waals surface area contributed by atoms with Gasteiger partial charge in [-0.25, -0.2) is 23.1 Å². The van der Waals surface area contributed by atoms with Crippen LogP contribution in [0.15, 0.2) is 18.3 Å². The van der Waals surface area contributed by atoms with Crippen LogP contribution in [0.25, 0.3) is 11.2 Å². The zero-order valence-electron chi connectivity index (χ0n) is 19.5. The van der Waals surface area contributed by atoms with E-state index in [-0.39, 0.29) is 58.5 Å². The highest BCUT2D eigenvalue weighted by Gasteiger charge is 2.43. The van der Waals surface area contributed by atoms with Crippen molar-refractivity contribution in [3.63, 3.8) is 0 Å². The lowest BCUT2D eigenvalue weighted by atomic mass is 9.85. The monoisotopic (exact) mass is 557 g/mol. The summed E-state index contributed by atoms with van der Waals surface area (Å²) in [5.74, 6) is -4.11. The van der Waals surface area contributed by atoms with Crippen LogP contribution >= 0.6 is 23.2 Å². The van der Waals surface area contributed by atoms with Crippen LogP contribution in [0.3, 0.4) is 0 Å². The lowest BCUT2D eigenvalue weighted by Crippen LogP contribution is -2.48. The van der Waals surface area contributed by atoms with Crippen molar-refractivity contribution in [2.75, 3.05) is 23.8 Å². The fourth-order valence-electron chi connectivity index (χ4n) is 4.84. The maximum absolute atomic E-state index is 14.7. The number of hydrogen-bond acceptors (Lipinski definition) is 7. The molecule has 1 amide bonds. The number of alkyl halides is 2. The Bertz CT molecular complexity index is 1310. The number of anilines is 3. The van der Waals surface area contributed by atoms with Crippen LogP contribution in [0.1, 0.15) is 38.1 Å². The van der Waals surface area contributed by atoms with Crippen molar-refractivity contribution >= 4 is 57.9 Å². The molecule has 0 bridgehead atoms. The van der Waals surface area contributed by atoms with Crippen molar-refractivity contribution in [1.29, 1.82) is 0 Å². The zero-order valence-corrected chi connectivity index (χ0v) is 21.0. The SMILES string of the molecule is NC(=O)C1CCC(n2c(Nc3c(F)cc(Cl)cc3Cl)nc3cnc(N[C@@H]4CCOCC4(F)F)nc32)CC1. The number of carbonyl (C=O) groups is 1. The molecule has 2 aliphatic rings. The molecule has 1 atom stereocenters. The Balaban J connectivity index is 1.53. The lowest BCUT2D eigenvalue weighted by Gasteiger charge is -2.31. The van der Waals surface area contributed by atoms with E-state index in [1.54, 1.807) is 4.57 Å². The highest BCUT2D eigenvalue weighted by atomic mass is 35.5. The summed E-state index contributed by atoms with van der Waals surface area (Å²) >= 11 is 12.1. The second-order valence-corrected chi connectivity index (χ2v) is 10.1. The zero-order chi connectivity index (χ0) is 26.3. The topological polar surface area (TPSA) is 120 Å². The van der Waals surface area contributed by atoms with Crippen molar-refractivity contribution in [1.82, 2.24) is 19.5 Å². The Hall–Kier alpha value is -2.83. The largest absolute Gasteiger partial charge is 0.375 e. The molecule has 14 heteroatoms.